The fourth-order valence-corrected chi connectivity index (χ4v) is 1.30. The van der Waals surface area contributed by atoms with Crippen molar-refractivity contribution in [1.29, 1.82) is 0 Å². The molecule has 0 aliphatic heterocycles. The summed E-state index contributed by atoms with van der Waals surface area (Å²) in [6.07, 6.45) is 0.0696. The van der Waals surface area contributed by atoms with Crippen molar-refractivity contribution >= 4 is 17.8 Å². The largest absolute Gasteiger partial charge is 0.481 e. The molecule has 0 saturated heterocycles. The van der Waals surface area contributed by atoms with E-state index in [9.17, 15) is 14.4 Å². The molecule has 0 heterocycles. The molecule has 0 aromatic rings. The first-order chi connectivity index (χ1) is 7.32. The maximum absolute atomic E-state index is 11.1. The van der Waals surface area contributed by atoms with Crippen LogP contribution in [-0.4, -0.2) is 29.4 Å². The van der Waals surface area contributed by atoms with Crippen LogP contribution in [0.3, 0.4) is 0 Å². The monoisotopic (exact) mass is 230 g/mol. The topological polar surface area (TPSA) is 109 Å². The Balaban J connectivity index is 4.07. The first kappa shape index (κ1) is 14.4. The van der Waals surface area contributed by atoms with Crippen LogP contribution < -0.4 is 11.1 Å². The van der Waals surface area contributed by atoms with Crippen molar-refractivity contribution < 1.29 is 19.5 Å². The van der Waals surface area contributed by atoms with Crippen LogP contribution in [0.25, 0.3) is 0 Å². The molecule has 0 radical (unpaired) electrons. The highest BCUT2D eigenvalue weighted by atomic mass is 16.4. The Hall–Kier alpha value is -1.59. The number of nitrogens with one attached hydrogen (secondary N) is 1. The second kappa shape index (κ2) is 6.81. The van der Waals surface area contributed by atoms with Crippen LogP contribution in [0.2, 0.25) is 0 Å². The van der Waals surface area contributed by atoms with Gasteiger partial charge >= 0.3 is 5.97 Å². The van der Waals surface area contributed by atoms with Crippen LogP contribution in [0.4, 0.5) is 0 Å². The first-order valence-electron chi connectivity index (χ1n) is 5.10. The summed E-state index contributed by atoms with van der Waals surface area (Å²) in [4.78, 5) is 32.3. The molecule has 0 aliphatic carbocycles. The molecular formula is C10H18N2O4. The standard InChI is InChI=1S/C10H18N2O4/c1-6(2)3-7(10(15)16)5-12-9(14)4-8(11)13/h6-7H,3-5H2,1-2H3,(H2,11,13)(H,12,14)(H,15,16). The predicted molar refractivity (Wildman–Crippen MR) is 57.4 cm³/mol. The number of carbonyl (C=O) groups excluding carboxylic acids is 2. The molecule has 0 spiro atoms. The molecule has 6 heteroatoms. The van der Waals surface area contributed by atoms with Crippen LogP contribution in [0, 0.1) is 11.8 Å². The Morgan fingerprint density at radius 1 is 1.31 bits per heavy atom. The SMILES string of the molecule is CC(C)CC(CNC(=O)CC(N)=O)C(=O)O. The summed E-state index contributed by atoms with van der Waals surface area (Å²) in [5.41, 5.74) is 4.82. The van der Waals surface area contributed by atoms with Gasteiger partial charge in [-0.25, -0.2) is 0 Å². The van der Waals surface area contributed by atoms with Crippen molar-refractivity contribution in [3.63, 3.8) is 0 Å². The summed E-state index contributed by atoms with van der Waals surface area (Å²) in [5.74, 6) is -2.62. The summed E-state index contributed by atoms with van der Waals surface area (Å²) in [5, 5.41) is 11.3. The predicted octanol–water partition coefficient (Wildman–Crippen LogP) is -0.275. The summed E-state index contributed by atoms with van der Waals surface area (Å²) in [7, 11) is 0. The van der Waals surface area contributed by atoms with Gasteiger partial charge in [-0.15, -0.1) is 0 Å². The van der Waals surface area contributed by atoms with E-state index < -0.39 is 30.1 Å². The summed E-state index contributed by atoms with van der Waals surface area (Å²) in [6.45, 7) is 3.84. The molecular weight excluding hydrogens is 212 g/mol. The molecule has 0 bridgehead atoms. The lowest BCUT2D eigenvalue weighted by atomic mass is 9.97. The lowest BCUT2D eigenvalue weighted by Gasteiger charge is -2.14. The molecule has 92 valence electrons. The van der Waals surface area contributed by atoms with Gasteiger partial charge in [0.1, 0.15) is 6.42 Å². The number of primary amides is 1. The van der Waals surface area contributed by atoms with E-state index in [-0.39, 0.29) is 12.5 Å². The maximum Gasteiger partial charge on any atom is 0.308 e. The van der Waals surface area contributed by atoms with Crippen LogP contribution >= 0.6 is 0 Å². The highest BCUT2D eigenvalue weighted by molar-refractivity contribution is 5.96. The number of nitrogens with two attached hydrogens (primary N) is 1. The van der Waals surface area contributed by atoms with Gasteiger partial charge in [-0.3, -0.25) is 14.4 Å². The van der Waals surface area contributed by atoms with E-state index in [0.717, 1.165) is 0 Å². The Kier molecular flexibility index (Phi) is 6.14. The van der Waals surface area contributed by atoms with E-state index in [4.69, 9.17) is 10.8 Å². The maximum atomic E-state index is 11.1. The van der Waals surface area contributed by atoms with E-state index in [0.29, 0.717) is 6.42 Å². The van der Waals surface area contributed by atoms with Crippen molar-refractivity contribution in [2.45, 2.75) is 26.7 Å². The van der Waals surface area contributed by atoms with E-state index >= 15 is 0 Å². The van der Waals surface area contributed by atoms with Gasteiger partial charge in [0.2, 0.25) is 11.8 Å². The number of carboxylic acid groups (broad SMARTS) is 1. The Bertz CT molecular complexity index is 276. The van der Waals surface area contributed by atoms with Gasteiger partial charge in [0, 0.05) is 6.54 Å². The van der Waals surface area contributed by atoms with Crippen LogP contribution in [-0.2, 0) is 14.4 Å². The molecule has 0 aromatic heterocycles. The number of amides is 2. The van der Waals surface area contributed by atoms with E-state index in [2.05, 4.69) is 5.32 Å². The van der Waals surface area contributed by atoms with Crippen molar-refractivity contribution in [3.05, 3.63) is 0 Å². The van der Waals surface area contributed by atoms with Gasteiger partial charge in [-0.2, -0.15) is 0 Å². The van der Waals surface area contributed by atoms with E-state index in [1.54, 1.807) is 0 Å². The van der Waals surface area contributed by atoms with Gasteiger partial charge in [0.25, 0.3) is 0 Å². The molecule has 0 rings (SSSR count). The molecule has 6 nitrogen and oxygen atoms in total. The van der Waals surface area contributed by atoms with Gasteiger partial charge in [0.15, 0.2) is 0 Å². The molecule has 0 aliphatic rings. The zero-order chi connectivity index (χ0) is 12.7. The average Bonchev–Trinajstić information content (AvgIpc) is 2.09. The number of carboxylic acids is 1. The Morgan fingerprint density at radius 2 is 1.88 bits per heavy atom. The van der Waals surface area contributed by atoms with Crippen LogP contribution in [0.15, 0.2) is 0 Å². The number of rotatable bonds is 7. The fraction of sp³-hybridized carbons (Fsp3) is 0.700. The van der Waals surface area contributed by atoms with Crippen LogP contribution in [0.1, 0.15) is 26.7 Å². The first-order valence-corrected chi connectivity index (χ1v) is 5.10. The van der Waals surface area contributed by atoms with Crippen molar-refractivity contribution in [2.24, 2.45) is 17.6 Å². The second-order valence-electron chi connectivity index (χ2n) is 4.11. The lowest BCUT2D eigenvalue weighted by Crippen LogP contribution is -2.35. The van der Waals surface area contributed by atoms with E-state index in [1.165, 1.54) is 0 Å². The summed E-state index contributed by atoms with van der Waals surface area (Å²) in [6, 6.07) is 0. The molecule has 4 N–H and O–H groups in total. The third-order valence-corrected chi connectivity index (χ3v) is 1.99. The molecule has 0 saturated carbocycles. The second-order valence-corrected chi connectivity index (χ2v) is 4.11. The Labute approximate surface area is 94.2 Å². The van der Waals surface area contributed by atoms with Gasteiger partial charge in [-0.1, -0.05) is 13.8 Å². The third kappa shape index (κ3) is 6.80. The van der Waals surface area contributed by atoms with Crippen molar-refractivity contribution in [1.82, 2.24) is 5.32 Å². The smallest absolute Gasteiger partial charge is 0.308 e. The molecule has 0 fully saturated rings. The molecule has 2 amide bonds. The van der Waals surface area contributed by atoms with E-state index in [1.807, 2.05) is 13.8 Å². The van der Waals surface area contributed by atoms with Gasteiger partial charge in [0.05, 0.1) is 5.92 Å². The Morgan fingerprint density at radius 3 is 2.25 bits per heavy atom. The summed E-state index contributed by atoms with van der Waals surface area (Å²) >= 11 is 0. The quantitative estimate of drug-likeness (QED) is 0.523. The van der Waals surface area contributed by atoms with Crippen LogP contribution in [0.5, 0.6) is 0 Å². The van der Waals surface area contributed by atoms with Gasteiger partial charge < -0.3 is 16.2 Å². The minimum absolute atomic E-state index is 0.0274. The normalized spacial score (nSPS) is 12.2. The number of hydrogen-bond acceptors (Lipinski definition) is 3. The number of aliphatic carboxylic acids is 1. The molecule has 1 unspecified atom stereocenters. The van der Waals surface area contributed by atoms with Gasteiger partial charge in [-0.05, 0) is 12.3 Å². The number of hydrogen-bond donors (Lipinski definition) is 3. The fourth-order valence-electron chi connectivity index (χ4n) is 1.30. The van der Waals surface area contributed by atoms with Crippen molar-refractivity contribution in [3.8, 4) is 0 Å². The summed E-state index contributed by atoms with van der Waals surface area (Å²) < 4.78 is 0. The lowest BCUT2D eigenvalue weighted by molar-refractivity contribution is -0.142. The molecule has 1 atom stereocenters. The van der Waals surface area contributed by atoms with Crippen molar-refractivity contribution in [2.75, 3.05) is 6.54 Å². The molecule has 16 heavy (non-hydrogen) atoms. The zero-order valence-corrected chi connectivity index (χ0v) is 9.53. The minimum atomic E-state index is -0.951. The highest BCUT2D eigenvalue weighted by Gasteiger charge is 2.19. The average molecular weight is 230 g/mol. The highest BCUT2D eigenvalue weighted by Crippen LogP contribution is 2.10. The molecule has 0 aromatic carbocycles. The zero-order valence-electron chi connectivity index (χ0n) is 9.53. The third-order valence-electron chi connectivity index (χ3n) is 1.99. The minimum Gasteiger partial charge on any atom is -0.481 e. The number of carbonyl (C=O) groups is 3.